The second-order valence-electron chi connectivity index (χ2n) is 5.50. The number of carbonyl (C=O) groups is 1. The summed E-state index contributed by atoms with van der Waals surface area (Å²) in [6, 6.07) is 12.0. The zero-order valence-corrected chi connectivity index (χ0v) is 12.7. The minimum absolute atomic E-state index is 0.102. The van der Waals surface area contributed by atoms with Crippen LogP contribution in [0.2, 0.25) is 0 Å². The quantitative estimate of drug-likeness (QED) is 0.868. The van der Waals surface area contributed by atoms with Gasteiger partial charge in [0.05, 0.1) is 13.2 Å². The zero-order chi connectivity index (χ0) is 15.0. The summed E-state index contributed by atoms with van der Waals surface area (Å²) in [5, 5.41) is 0. The van der Waals surface area contributed by atoms with Gasteiger partial charge in [0, 0.05) is 19.3 Å². The summed E-state index contributed by atoms with van der Waals surface area (Å²) in [6.45, 7) is 2.82. The van der Waals surface area contributed by atoms with Crippen LogP contribution in [0.3, 0.4) is 0 Å². The predicted molar refractivity (Wildman–Crippen MR) is 81.5 cm³/mol. The van der Waals surface area contributed by atoms with Crippen LogP contribution >= 0.6 is 0 Å². The molecule has 1 aliphatic rings. The fourth-order valence-corrected chi connectivity index (χ4v) is 2.80. The molecule has 0 spiro atoms. The average Bonchev–Trinajstić information content (AvgIpc) is 2.78. The van der Waals surface area contributed by atoms with Gasteiger partial charge in [0.25, 0.3) is 5.91 Å². The van der Waals surface area contributed by atoms with Gasteiger partial charge in [0.2, 0.25) is 0 Å². The van der Waals surface area contributed by atoms with E-state index in [1.807, 2.05) is 53.8 Å². The largest absolute Gasteiger partial charge is 0.497 e. The summed E-state index contributed by atoms with van der Waals surface area (Å²) in [7, 11) is 3.60. The lowest BCUT2D eigenvalue weighted by Crippen LogP contribution is -2.45. The normalized spacial score (nSPS) is 17.5. The SMILES string of the molecule is COc1cccc([C@H]2CCN2C(=O)c2ccc(C)n2C)c1. The number of nitrogens with zero attached hydrogens (tertiary/aromatic N) is 2. The molecule has 1 amide bonds. The molecular formula is C17H20N2O2. The Morgan fingerprint density at radius 1 is 1.29 bits per heavy atom. The number of hydrogen-bond acceptors (Lipinski definition) is 2. The molecule has 1 aliphatic heterocycles. The second kappa shape index (κ2) is 5.28. The second-order valence-corrected chi connectivity index (χ2v) is 5.50. The molecule has 2 aromatic rings. The number of hydrogen-bond donors (Lipinski definition) is 0. The Kier molecular flexibility index (Phi) is 3.45. The molecule has 0 radical (unpaired) electrons. The summed E-state index contributed by atoms with van der Waals surface area (Å²) >= 11 is 0. The Bertz CT molecular complexity index is 675. The number of amides is 1. The van der Waals surface area contributed by atoms with E-state index in [2.05, 4.69) is 6.07 Å². The van der Waals surface area contributed by atoms with Crippen LogP contribution in [0.1, 0.15) is 34.2 Å². The molecule has 2 heterocycles. The van der Waals surface area contributed by atoms with Gasteiger partial charge in [0.15, 0.2) is 0 Å². The van der Waals surface area contributed by atoms with Crippen molar-refractivity contribution in [1.29, 1.82) is 0 Å². The minimum atomic E-state index is 0.102. The molecule has 0 N–H and O–H groups in total. The highest BCUT2D eigenvalue weighted by Gasteiger charge is 2.34. The van der Waals surface area contributed by atoms with Crippen molar-refractivity contribution in [2.75, 3.05) is 13.7 Å². The highest BCUT2D eigenvalue weighted by molar-refractivity contribution is 5.93. The van der Waals surface area contributed by atoms with Gasteiger partial charge in [-0.1, -0.05) is 12.1 Å². The maximum Gasteiger partial charge on any atom is 0.270 e. The standard InChI is InChI=1S/C17H20N2O2/c1-12-7-8-16(18(12)2)17(20)19-10-9-15(19)13-5-4-6-14(11-13)21-3/h4-8,11,15H,9-10H2,1-3H3/t15-/m1/s1. The Labute approximate surface area is 124 Å². The van der Waals surface area contributed by atoms with Gasteiger partial charge in [-0.2, -0.15) is 0 Å². The van der Waals surface area contributed by atoms with Gasteiger partial charge in [-0.3, -0.25) is 4.79 Å². The van der Waals surface area contributed by atoms with Crippen molar-refractivity contribution in [3.8, 4) is 5.75 Å². The van der Waals surface area contributed by atoms with Crippen molar-refractivity contribution in [3.05, 3.63) is 53.3 Å². The van der Waals surface area contributed by atoms with E-state index in [0.717, 1.165) is 35.7 Å². The summed E-state index contributed by atoms with van der Waals surface area (Å²) in [5.41, 5.74) is 2.98. The molecule has 3 rings (SSSR count). The fraction of sp³-hybridized carbons (Fsp3) is 0.353. The summed E-state index contributed by atoms with van der Waals surface area (Å²) in [6.07, 6.45) is 1.00. The Morgan fingerprint density at radius 3 is 2.67 bits per heavy atom. The van der Waals surface area contributed by atoms with E-state index in [0.29, 0.717) is 0 Å². The van der Waals surface area contributed by atoms with E-state index in [9.17, 15) is 4.79 Å². The van der Waals surface area contributed by atoms with Crippen molar-refractivity contribution < 1.29 is 9.53 Å². The molecule has 0 bridgehead atoms. The number of carbonyl (C=O) groups excluding carboxylic acids is 1. The molecule has 110 valence electrons. The lowest BCUT2D eigenvalue weighted by atomic mass is 9.94. The van der Waals surface area contributed by atoms with E-state index in [-0.39, 0.29) is 11.9 Å². The number of aromatic nitrogens is 1. The van der Waals surface area contributed by atoms with Crippen LogP contribution in [0.5, 0.6) is 5.75 Å². The molecule has 1 aromatic heterocycles. The fourth-order valence-electron chi connectivity index (χ4n) is 2.80. The number of rotatable bonds is 3. The maximum absolute atomic E-state index is 12.7. The minimum Gasteiger partial charge on any atom is -0.497 e. The van der Waals surface area contributed by atoms with Crippen LogP contribution in [0, 0.1) is 6.92 Å². The van der Waals surface area contributed by atoms with E-state index in [1.165, 1.54) is 0 Å². The Balaban J connectivity index is 1.83. The molecule has 1 saturated heterocycles. The van der Waals surface area contributed by atoms with Gasteiger partial charge in [-0.15, -0.1) is 0 Å². The number of aryl methyl sites for hydroxylation is 1. The van der Waals surface area contributed by atoms with Crippen molar-refractivity contribution in [1.82, 2.24) is 9.47 Å². The van der Waals surface area contributed by atoms with Crippen LogP contribution < -0.4 is 4.74 Å². The van der Waals surface area contributed by atoms with E-state index in [1.54, 1.807) is 7.11 Å². The molecule has 0 saturated carbocycles. The molecule has 21 heavy (non-hydrogen) atoms. The van der Waals surface area contributed by atoms with Gasteiger partial charge in [0.1, 0.15) is 11.4 Å². The Hall–Kier alpha value is -2.23. The first-order chi connectivity index (χ1) is 10.1. The van der Waals surface area contributed by atoms with Crippen molar-refractivity contribution in [3.63, 3.8) is 0 Å². The molecule has 1 aromatic carbocycles. The smallest absolute Gasteiger partial charge is 0.270 e. The van der Waals surface area contributed by atoms with Crippen LogP contribution in [0.15, 0.2) is 36.4 Å². The highest BCUT2D eigenvalue weighted by atomic mass is 16.5. The summed E-state index contributed by atoms with van der Waals surface area (Å²) < 4.78 is 7.22. The van der Waals surface area contributed by atoms with E-state index in [4.69, 9.17) is 4.74 Å². The highest BCUT2D eigenvalue weighted by Crippen LogP contribution is 2.35. The van der Waals surface area contributed by atoms with Crippen molar-refractivity contribution >= 4 is 5.91 Å². The lowest BCUT2D eigenvalue weighted by molar-refractivity contribution is 0.0449. The molecule has 4 heteroatoms. The van der Waals surface area contributed by atoms with Gasteiger partial charge in [-0.05, 0) is 43.2 Å². The van der Waals surface area contributed by atoms with E-state index >= 15 is 0 Å². The number of benzene rings is 1. The summed E-state index contributed by atoms with van der Waals surface area (Å²) in [4.78, 5) is 14.6. The molecule has 1 atom stereocenters. The van der Waals surface area contributed by atoms with Crippen LogP contribution in [0.4, 0.5) is 0 Å². The number of ether oxygens (including phenoxy) is 1. The monoisotopic (exact) mass is 284 g/mol. The van der Waals surface area contributed by atoms with Gasteiger partial charge < -0.3 is 14.2 Å². The van der Waals surface area contributed by atoms with Crippen LogP contribution in [0.25, 0.3) is 0 Å². The summed E-state index contributed by atoms with van der Waals surface area (Å²) in [5.74, 6) is 0.936. The molecule has 0 unspecified atom stereocenters. The van der Waals surface area contributed by atoms with Crippen LogP contribution in [-0.4, -0.2) is 29.0 Å². The third-order valence-electron chi connectivity index (χ3n) is 4.35. The molecule has 4 nitrogen and oxygen atoms in total. The number of methoxy groups -OCH3 is 1. The third-order valence-corrected chi connectivity index (χ3v) is 4.35. The Morgan fingerprint density at radius 2 is 2.10 bits per heavy atom. The maximum atomic E-state index is 12.7. The third kappa shape index (κ3) is 2.31. The topological polar surface area (TPSA) is 34.5 Å². The van der Waals surface area contributed by atoms with Crippen LogP contribution in [-0.2, 0) is 7.05 Å². The first-order valence-electron chi connectivity index (χ1n) is 7.19. The molecule has 0 aliphatic carbocycles. The zero-order valence-electron chi connectivity index (χ0n) is 12.7. The van der Waals surface area contributed by atoms with Crippen molar-refractivity contribution in [2.24, 2.45) is 7.05 Å². The average molecular weight is 284 g/mol. The first kappa shape index (κ1) is 13.7. The van der Waals surface area contributed by atoms with Crippen molar-refractivity contribution in [2.45, 2.75) is 19.4 Å². The van der Waals surface area contributed by atoms with Gasteiger partial charge >= 0.3 is 0 Å². The molecular weight excluding hydrogens is 264 g/mol. The van der Waals surface area contributed by atoms with E-state index < -0.39 is 0 Å². The first-order valence-corrected chi connectivity index (χ1v) is 7.19. The molecule has 1 fully saturated rings. The predicted octanol–water partition coefficient (Wildman–Crippen LogP) is 2.93. The lowest BCUT2D eigenvalue weighted by Gasteiger charge is -2.41. The van der Waals surface area contributed by atoms with Gasteiger partial charge in [-0.25, -0.2) is 0 Å². The number of likely N-dealkylation sites (tertiary alicyclic amines) is 1.